The first kappa shape index (κ1) is 17.7. The number of aromatic nitrogens is 1. The van der Waals surface area contributed by atoms with E-state index in [2.05, 4.69) is 31.8 Å². The molecule has 8 heteroatoms. The zero-order valence-electron chi connectivity index (χ0n) is 13.4. The van der Waals surface area contributed by atoms with Gasteiger partial charge >= 0.3 is 0 Å². The van der Waals surface area contributed by atoms with E-state index in [0.717, 1.165) is 4.47 Å². The van der Waals surface area contributed by atoms with Crippen LogP contribution in [0.4, 0.5) is 0 Å². The molecule has 0 unspecified atom stereocenters. The minimum absolute atomic E-state index is 0.0992. The minimum Gasteiger partial charge on any atom is -0.484 e. The van der Waals surface area contributed by atoms with Gasteiger partial charge in [0.25, 0.3) is 11.8 Å². The number of carbonyl (C=O) groups is 2. The van der Waals surface area contributed by atoms with Crippen molar-refractivity contribution in [3.63, 3.8) is 0 Å². The van der Waals surface area contributed by atoms with Crippen molar-refractivity contribution in [3.05, 3.63) is 75.0 Å². The molecule has 26 heavy (non-hydrogen) atoms. The Bertz CT molecular complexity index is 1010. The summed E-state index contributed by atoms with van der Waals surface area (Å²) < 4.78 is 6.18. The van der Waals surface area contributed by atoms with Gasteiger partial charge in [-0.1, -0.05) is 28.1 Å². The van der Waals surface area contributed by atoms with Crippen molar-refractivity contribution in [2.24, 2.45) is 0 Å². The Morgan fingerprint density at radius 3 is 2.54 bits per heavy atom. The average Bonchev–Trinajstić information content (AvgIpc) is 2.66. The zero-order chi connectivity index (χ0) is 18.5. The second-order valence-electron chi connectivity index (χ2n) is 5.32. The van der Waals surface area contributed by atoms with E-state index in [9.17, 15) is 14.4 Å². The van der Waals surface area contributed by atoms with Crippen molar-refractivity contribution >= 4 is 38.6 Å². The van der Waals surface area contributed by atoms with Crippen LogP contribution in [0.1, 0.15) is 10.4 Å². The Morgan fingerprint density at radius 2 is 1.77 bits per heavy atom. The van der Waals surface area contributed by atoms with E-state index in [1.54, 1.807) is 48.5 Å². The lowest BCUT2D eigenvalue weighted by atomic mass is 10.1. The summed E-state index contributed by atoms with van der Waals surface area (Å²) in [5.41, 5.74) is 4.52. The first-order valence-electron chi connectivity index (χ1n) is 7.62. The maximum Gasteiger partial charge on any atom is 0.276 e. The minimum atomic E-state index is -0.714. The molecule has 0 fully saturated rings. The number of nitrogens with one attached hydrogen (secondary N) is 3. The van der Waals surface area contributed by atoms with Gasteiger partial charge in [0.05, 0.1) is 0 Å². The molecule has 0 aliphatic heterocycles. The van der Waals surface area contributed by atoms with Crippen LogP contribution in [0.2, 0.25) is 0 Å². The second kappa shape index (κ2) is 7.83. The fraction of sp³-hybridized carbons (Fsp3) is 0.0556. The maximum atomic E-state index is 12.3. The Kier molecular flexibility index (Phi) is 5.33. The number of rotatable bonds is 4. The van der Waals surface area contributed by atoms with E-state index < -0.39 is 17.2 Å². The predicted octanol–water partition coefficient (Wildman–Crippen LogP) is 2.13. The SMILES string of the molecule is O=C(COc1ccc(Br)cc1)NNC(=O)c1c[nH]c2ccccc2c1=O. The molecule has 0 aliphatic carbocycles. The smallest absolute Gasteiger partial charge is 0.276 e. The van der Waals surface area contributed by atoms with Crippen LogP contribution in [0, 0.1) is 0 Å². The third kappa shape index (κ3) is 4.09. The molecule has 2 aromatic carbocycles. The lowest BCUT2D eigenvalue weighted by Crippen LogP contribution is -2.45. The number of ether oxygens (including phenoxy) is 1. The molecule has 3 N–H and O–H groups in total. The number of fused-ring (bicyclic) bond motifs is 1. The van der Waals surface area contributed by atoms with Gasteiger partial charge in [-0.05, 0) is 36.4 Å². The van der Waals surface area contributed by atoms with Gasteiger partial charge in [-0.2, -0.15) is 0 Å². The number of halogens is 1. The summed E-state index contributed by atoms with van der Waals surface area (Å²) in [6.07, 6.45) is 1.31. The number of amides is 2. The number of para-hydroxylation sites is 1. The van der Waals surface area contributed by atoms with Gasteiger partial charge in [0.2, 0.25) is 5.43 Å². The van der Waals surface area contributed by atoms with Gasteiger partial charge < -0.3 is 9.72 Å². The predicted molar refractivity (Wildman–Crippen MR) is 99.8 cm³/mol. The van der Waals surface area contributed by atoms with Crippen LogP contribution in [0.3, 0.4) is 0 Å². The average molecular weight is 416 g/mol. The van der Waals surface area contributed by atoms with E-state index in [0.29, 0.717) is 16.7 Å². The van der Waals surface area contributed by atoms with Gasteiger partial charge in [0.15, 0.2) is 6.61 Å². The fourth-order valence-corrected chi connectivity index (χ4v) is 2.51. The zero-order valence-corrected chi connectivity index (χ0v) is 15.0. The lowest BCUT2D eigenvalue weighted by Gasteiger charge is -2.09. The third-order valence-electron chi connectivity index (χ3n) is 3.53. The number of carbonyl (C=O) groups excluding carboxylic acids is 2. The monoisotopic (exact) mass is 415 g/mol. The number of pyridine rings is 1. The summed E-state index contributed by atoms with van der Waals surface area (Å²) in [5, 5.41) is 0.394. The van der Waals surface area contributed by atoms with Crippen molar-refractivity contribution < 1.29 is 14.3 Å². The van der Waals surface area contributed by atoms with Crippen molar-refractivity contribution in [2.75, 3.05) is 6.61 Å². The van der Waals surface area contributed by atoms with Gasteiger partial charge in [-0.15, -0.1) is 0 Å². The van der Waals surface area contributed by atoms with E-state index in [1.165, 1.54) is 6.20 Å². The van der Waals surface area contributed by atoms with Gasteiger partial charge in [0.1, 0.15) is 11.3 Å². The first-order valence-corrected chi connectivity index (χ1v) is 8.42. The number of benzene rings is 2. The molecule has 3 aromatic rings. The molecular weight excluding hydrogens is 402 g/mol. The highest BCUT2D eigenvalue weighted by Crippen LogP contribution is 2.15. The molecule has 0 atom stereocenters. The van der Waals surface area contributed by atoms with E-state index in [1.807, 2.05) is 0 Å². The largest absolute Gasteiger partial charge is 0.484 e. The second-order valence-corrected chi connectivity index (χ2v) is 6.24. The summed E-state index contributed by atoms with van der Waals surface area (Å²) >= 11 is 3.30. The highest BCUT2D eigenvalue weighted by molar-refractivity contribution is 9.10. The standard InChI is InChI=1S/C18H14BrN3O4/c19-11-5-7-12(8-6-11)26-10-16(23)21-22-18(25)14-9-20-15-4-2-1-3-13(15)17(14)24/h1-9H,10H2,(H,20,24)(H,21,23)(H,22,25). The molecule has 3 rings (SSSR count). The Morgan fingerprint density at radius 1 is 1.04 bits per heavy atom. The molecule has 1 heterocycles. The van der Waals surface area contributed by atoms with Crippen LogP contribution in [0.5, 0.6) is 5.75 Å². The van der Waals surface area contributed by atoms with Crippen molar-refractivity contribution in [2.45, 2.75) is 0 Å². The molecule has 1 aromatic heterocycles. The quantitative estimate of drug-likeness (QED) is 0.568. The van der Waals surface area contributed by atoms with Gasteiger partial charge in [-0.25, -0.2) is 0 Å². The topological polar surface area (TPSA) is 100 Å². The molecule has 0 radical (unpaired) electrons. The van der Waals surface area contributed by atoms with Crippen LogP contribution in [-0.2, 0) is 4.79 Å². The summed E-state index contributed by atoms with van der Waals surface area (Å²) in [4.78, 5) is 39.1. The molecular formula is C18H14BrN3O4. The highest BCUT2D eigenvalue weighted by Gasteiger charge is 2.13. The lowest BCUT2D eigenvalue weighted by molar-refractivity contribution is -0.123. The van der Waals surface area contributed by atoms with Crippen LogP contribution in [0.25, 0.3) is 10.9 Å². The number of hydrazine groups is 1. The molecule has 0 aliphatic rings. The highest BCUT2D eigenvalue weighted by atomic mass is 79.9. The summed E-state index contributed by atoms with van der Waals surface area (Å²) in [6.45, 7) is -0.282. The van der Waals surface area contributed by atoms with Crippen molar-refractivity contribution in [1.29, 1.82) is 0 Å². The van der Waals surface area contributed by atoms with Crippen molar-refractivity contribution in [1.82, 2.24) is 15.8 Å². The summed E-state index contributed by atoms with van der Waals surface area (Å²) in [6, 6.07) is 13.8. The number of aromatic amines is 1. The summed E-state index contributed by atoms with van der Waals surface area (Å²) in [7, 11) is 0. The molecule has 132 valence electrons. The molecule has 2 amide bonds. The van der Waals surface area contributed by atoms with Crippen LogP contribution in [0.15, 0.2) is 64.0 Å². The van der Waals surface area contributed by atoms with E-state index in [-0.39, 0.29) is 12.2 Å². The van der Waals surface area contributed by atoms with Gasteiger partial charge in [0, 0.05) is 21.6 Å². The van der Waals surface area contributed by atoms with Crippen molar-refractivity contribution in [3.8, 4) is 5.75 Å². The Balaban J connectivity index is 1.58. The maximum absolute atomic E-state index is 12.3. The third-order valence-corrected chi connectivity index (χ3v) is 4.06. The Labute approximate surface area is 156 Å². The fourth-order valence-electron chi connectivity index (χ4n) is 2.25. The molecule has 0 saturated carbocycles. The first-order chi connectivity index (χ1) is 12.5. The van der Waals surface area contributed by atoms with Crippen LogP contribution in [-0.4, -0.2) is 23.4 Å². The van der Waals surface area contributed by atoms with Crippen LogP contribution >= 0.6 is 15.9 Å². The van der Waals surface area contributed by atoms with Crippen LogP contribution < -0.4 is 21.0 Å². The van der Waals surface area contributed by atoms with E-state index >= 15 is 0 Å². The normalized spacial score (nSPS) is 10.3. The number of hydrogen-bond acceptors (Lipinski definition) is 4. The molecule has 0 saturated heterocycles. The molecule has 0 bridgehead atoms. The Hall–Kier alpha value is -3.13. The molecule has 7 nitrogen and oxygen atoms in total. The van der Waals surface area contributed by atoms with E-state index in [4.69, 9.17) is 4.74 Å². The summed E-state index contributed by atoms with van der Waals surface area (Å²) in [5.74, 6) is -0.756. The number of H-pyrrole nitrogens is 1. The van der Waals surface area contributed by atoms with Gasteiger partial charge in [-0.3, -0.25) is 25.2 Å². The molecule has 0 spiro atoms. The number of hydrogen-bond donors (Lipinski definition) is 3.